The molecule has 2 heteroatoms. The van der Waals surface area contributed by atoms with Gasteiger partial charge in [0.25, 0.3) is 0 Å². The summed E-state index contributed by atoms with van der Waals surface area (Å²) < 4.78 is 2.43. The maximum atomic E-state index is 2.43. The van der Waals surface area contributed by atoms with E-state index in [0.717, 1.165) is 0 Å². The van der Waals surface area contributed by atoms with Gasteiger partial charge in [0, 0.05) is 29.9 Å². The molecule has 1 aromatic rings. The summed E-state index contributed by atoms with van der Waals surface area (Å²) in [5.41, 5.74) is 5.59. The van der Waals surface area contributed by atoms with Gasteiger partial charge in [0.1, 0.15) is 7.05 Å². The highest BCUT2D eigenvalue weighted by atomic mass is 15.2. The topological polar surface area (TPSA) is 6.25 Å². The SMILES string of the molecule is CN1C(=CC=CC=CC2=[N+](C)C3C=CC=CC3C2(C)C)C(C)(C)c2ccccc21. The second kappa shape index (κ2) is 7.02. The third-order valence-corrected chi connectivity index (χ3v) is 7.10. The van der Waals surface area contributed by atoms with Gasteiger partial charge in [-0.05, 0) is 37.6 Å². The lowest BCUT2D eigenvalue weighted by atomic mass is 9.73. The van der Waals surface area contributed by atoms with E-state index in [2.05, 4.69) is 130 Å². The van der Waals surface area contributed by atoms with Gasteiger partial charge in [-0.3, -0.25) is 0 Å². The van der Waals surface area contributed by atoms with Crippen molar-refractivity contribution in [2.45, 2.75) is 39.2 Å². The Morgan fingerprint density at radius 3 is 2.41 bits per heavy atom. The zero-order chi connectivity index (χ0) is 20.8. The van der Waals surface area contributed by atoms with Crippen LogP contribution in [0.25, 0.3) is 0 Å². The first-order chi connectivity index (χ1) is 13.8. The summed E-state index contributed by atoms with van der Waals surface area (Å²) in [7, 11) is 4.38. The molecule has 0 amide bonds. The summed E-state index contributed by atoms with van der Waals surface area (Å²) in [4.78, 5) is 2.31. The number of hydrogen-bond donors (Lipinski definition) is 0. The minimum absolute atomic E-state index is 0.0240. The molecular formula is C27H33N2+. The second-order valence-corrected chi connectivity index (χ2v) is 9.50. The average Bonchev–Trinajstić information content (AvgIpc) is 3.02. The summed E-state index contributed by atoms with van der Waals surface area (Å²) in [5.74, 6) is 0.537. The molecule has 1 aliphatic carbocycles. The predicted molar refractivity (Wildman–Crippen MR) is 125 cm³/mol. The van der Waals surface area contributed by atoms with Crippen LogP contribution in [0.3, 0.4) is 0 Å². The van der Waals surface area contributed by atoms with Crippen molar-refractivity contribution in [2.75, 3.05) is 19.0 Å². The normalized spacial score (nSPS) is 28.2. The zero-order valence-electron chi connectivity index (χ0n) is 18.6. The molecule has 1 aromatic carbocycles. The highest BCUT2D eigenvalue weighted by Gasteiger charge is 2.50. The molecule has 0 saturated carbocycles. The Morgan fingerprint density at radius 1 is 0.966 bits per heavy atom. The fourth-order valence-electron chi connectivity index (χ4n) is 5.41. The van der Waals surface area contributed by atoms with Crippen molar-refractivity contribution in [3.63, 3.8) is 0 Å². The van der Waals surface area contributed by atoms with Crippen LogP contribution >= 0.6 is 0 Å². The Bertz CT molecular complexity index is 995. The molecule has 0 fully saturated rings. The molecule has 2 aliphatic heterocycles. The molecule has 0 spiro atoms. The van der Waals surface area contributed by atoms with Gasteiger partial charge in [0.2, 0.25) is 0 Å². The van der Waals surface area contributed by atoms with E-state index in [1.807, 2.05) is 0 Å². The van der Waals surface area contributed by atoms with Crippen LogP contribution in [0.2, 0.25) is 0 Å². The van der Waals surface area contributed by atoms with Gasteiger partial charge < -0.3 is 4.90 Å². The summed E-state index contributed by atoms with van der Waals surface area (Å²) >= 11 is 0. The van der Waals surface area contributed by atoms with Crippen molar-refractivity contribution in [1.29, 1.82) is 0 Å². The summed E-state index contributed by atoms with van der Waals surface area (Å²) in [6.07, 6.45) is 20.1. The van der Waals surface area contributed by atoms with E-state index in [9.17, 15) is 0 Å². The maximum absolute atomic E-state index is 2.43. The molecule has 0 bridgehead atoms. The first-order valence-corrected chi connectivity index (χ1v) is 10.6. The van der Waals surface area contributed by atoms with E-state index >= 15 is 0 Å². The number of benzene rings is 1. The minimum Gasteiger partial charge on any atom is -0.347 e. The van der Waals surface area contributed by atoms with Crippen LogP contribution in [0.4, 0.5) is 5.69 Å². The molecule has 150 valence electrons. The lowest BCUT2D eigenvalue weighted by molar-refractivity contribution is -0.521. The Morgan fingerprint density at radius 2 is 1.69 bits per heavy atom. The van der Waals surface area contributed by atoms with E-state index in [1.54, 1.807) is 0 Å². The van der Waals surface area contributed by atoms with Gasteiger partial charge in [-0.15, -0.1) is 0 Å². The van der Waals surface area contributed by atoms with Crippen LogP contribution in [0, 0.1) is 11.3 Å². The second-order valence-electron chi connectivity index (χ2n) is 9.50. The molecule has 0 radical (unpaired) electrons. The predicted octanol–water partition coefficient (Wildman–Crippen LogP) is 5.64. The molecular weight excluding hydrogens is 352 g/mol. The summed E-state index contributed by atoms with van der Waals surface area (Å²) in [5, 5.41) is 0. The number of allylic oxidation sites excluding steroid dienone is 8. The number of rotatable bonds is 3. The monoisotopic (exact) mass is 385 g/mol. The van der Waals surface area contributed by atoms with Gasteiger partial charge in [-0.1, -0.05) is 68.5 Å². The molecule has 3 aliphatic rings. The van der Waals surface area contributed by atoms with Crippen molar-refractivity contribution in [2.24, 2.45) is 11.3 Å². The van der Waals surface area contributed by atoms with E-state index < -0.39 is 0 Å². The Balaban J connectivity index is 1.54. The summed E-state index contributed by atoms with van der Waals surface area (Å²) in [6, 6.07) is 9.17. The van der Waals surface area contributed by atoms with Gasteiger partial charge in [-0.25, -0.2) is 4.58 Å². The molecule has 4 rings (SSSR count). The average molecular weight is 386 g/mol. The summed E-state index contributed by atoms with van der Waals surface area (Å²) in [6.45, 7) is 9.32. The smallest absolute Gasteiger partial charge is 0.182 e. The lowest BCUT2D eigenvalue weighted by Gasteiger charge is -2.24. The standard InChI is InChI=1S/C27H33N2/c1-26(2)20-14-10-12-16-22(20)28(5)24(26)18-8-7-9-19-25-27(3,4)21-15-11-13-17-23(21)29(25)6/h7-20,22H,1-6H3/q+1. The van der Waals surface area contributed by atoms with E-state index in [0.29, 0.717) is 12.0 Å². The Kier molecular flexibility index (Phi) is 4.77. The molecule has 2 atom stereocenters. The number of hydrogen-bond acceptors (Lipinski definition) is 1. The van der Waals surface area contributed by atoms with Crippen LogP contribution in [-0.4, -0.2) is 30.4 Å². The number of likely N-dealkylation sites (N-methyl/N-ethyl adjacent to an activating group) is 2. The van der Waals surface area contributed by atoms with Gasteiger partial charge in [0.05, 0.1) is 11.3 Å². The molecule has 0 saturated heterocycles. The number of anilines is 1. The van der Waals surface area contributed by atoms with Crippen LogP contribution in [0.1, 0.15) is 33.3 Å². The fraction of sp³-hybridized carbons (Fsp3) is 0.370. The molecule has 2 heterocycles. The zero-order valence-corrected chi connectivity index (χ0v) is 18.6. The van der Waals surface area contributed by atoms with Gasteiger partial charge in [0.15, 0.2) is 11.8 Å². The van der Waals surface area contributed by atoms with E-state index in [-0.39, 0.29) is 10.8 Å². The van der Waals surface area contributed by atoms with Crippen LogP contribution in [-0.2, 0) is 5.41 Å². The van der Waals surface area contributed by atoms with Crippen molar-refractivity contribution in [3.8, 4) is 0 Å². The van der Waals surface area contributed by atoms with Crippen LogP contribution < -0.4 is 4.90 Å². The van der Waals surface area contributed by atoms with Crippen molar-refractivity contribution in [1.82, 2.24) is 0 Å². The third-order valence-electron chi connectivity index (χ3n) is 7.10. The first kappa shape index (κ1) is 19.7. The quantitative estimate of drug-likeness (QED) is 0.482. The molecule has 29 heavy (non-hydrogen) atoms. The maximum Gasteiger partial charge on any atom is 0.182 e. The van der Waals surface area contributed by atoms with Crippen LogP contribution in [0.5, 0.6) is 0 Å². The number of fused-ring (bicyclic) bond motifs is 2. The van der Waals surface area contributed by atoms with E-state index in [1.165, 1.54) is 22.7 Å². The highest BCUT2D eigenvalue weighted by Crippen LogP contribution is 2.46. The molecule has 2 nitrogen and oxygen atoms in total. The number of nitrogens with zero attached hydrogens (tertiary/aromatic N) is 2. The fourth-order valence-corrected chi connectivity index (χ4v) is 5.41. The molecule has 0 aromatic heterocycles. The van der Waals surface area contributed by atoms with Crippen LogP contribution in [0.15, 0.2) is 84.6 Å². The largest absolute Gasteiger partial charge is 0.347 e. The highest BCUT2D eigenvalue weighted by molar-refractivity contribution is 5.97. The lowest BCUT2D eigenvalue weighted by Crippen LogP contribution is -2.30. The van der Waals surface area contributed by atoms with Crippen molar-refractivity contribution in [3.05, 3.63) is 90.2 Å². The Labute approximate surface area is 175 Å². The van der Waals surface area contributed by atoms with E-state index in [4.69, 9.17) is 0 Å². The number of para-hydroxylation sites is 1. The minimum atomic E-state index is 0.0240. The van der Waals surface area contributed by atoms with Gasteiger partial charge in [-0.2, -0.15) is 0 Å². The first-order valence-electron chi connectivity index (χ1n) is 10.6. The Hall–Kier alpha value is -2.61. The third kappa shape index (κ3) is 3.06. The van der Waals surface area contributed by atoms with Gasteiger partial charge >= 0.3 is 0 Å². The molecule has 0 N–H and O–H groups in total. The van der Waals surface area contributed by atoms with Crippen molar-refractivity contribution < 1.29 is 4.58 Å². The van der Waals surface area contributed by atoms with Crippen molar-refractivity contribution >= 4 is 11.4 Å². The molecule has 2 unspecified atom stereocenters.